The third-order valence-electron chi connectivity index (χ3n) is 2.54. The molecule has 0 aromatic heterocycles. The van der Waals surface area contributed by atoms with E-state index in [2.05, 4.69) is 9.73 Å². The Morgan fingerprint density at radius 2 is 1.94 bits per heavy atom. The highest BCUT2D eigenvalue weighted by Gasteiger charge is 2.62. The van der Waals surface area contributed by atoms with E-state index in [0.29, 0.717) is 0 Å². The Hall–Kier alpha value is 0.130. The van der Waals surface area contributed by atoms with Crippen LogP contribution in [0.3, 0.4) is 0 Å². The molecule has 0 N–H and O–H groups in total. The van der Waals surface area contributed by atoms with Crippen molar-refractivity contribution < 1.29 is 17.9 Å². The predicted octanol–water partition coefficient (Wildman–Crippen LogP) is 3.88. The summed E-state index contributed by atoms with van der Waals surface area (Å²) in [4.78, 5) is 2.12. The van der Waals surface area contributed by atoms with E-state index in [0.717, 1.165) is 0 Å². The summed E-state index contributed by atoms with van der Waals surface area (Å²) >= 11 is 17.1. The molecule has 1 rings (SSSR count). The van der Waals surface area contributed by atoms with E-state index in [-0.39, 0.29) is 6.42 Å². The first kappa shape index (κ1) is 14.2. The zero-order valence-corrected chi connectivity index (χ0v) is 10.7. The van der Waals surface area contributed by atoms with Gasteiger partial charge in [0.25, 0.3) is 5.90 Å². The number of ether oxygens (including phenoxy) is 1. The molecule has 1 heterocycles. The van der Waals surface area contributed by atoms with Crippen molar-refractivity contribution in [2.24, 2.45) is 4.99 Å². The molecular formula is C8H9Cl3F3NO. The van der Waals surface area contributed by atoms with Crippen LogP contribution in [-0.4, -0.2) is 27.5 Å². The van der Waals surface area contributed by atoms with Crippen molar-refractivity contribution in [3.05, 3.63) is 0 Å². The Morgan fingerprint density at radius 1 is 1.44 bits per heavy atom. The van der Waals surface area contributed by atoms with E-state index < -0.39 is 27.5 Å². The second-order valence-corrected chi connectivity index (χ2v) is 5.25. The molecule has 0 saturated carbocycles. The fourth-order valence-electron chi connectivity index (χ4n) is 1.29. The van der Waals surface area contributed by atoms with Gasteiger partial charge in [0.2, 0.25) is 5.06 Å². The zero-order chi connectivity index (χ0) is 12.8. The van der Waals surface area contributed by atoms with Crippen LogP contribution in [0.15, 0.2) is 4.99 Å². The summed E-state index contributed by atoms with van der Waals surface area (Å²) in [6, 6.07) is 0. The average molecular weight is 299 g/mol. The molecule has 0 bridgehead atoms. The van der Waals surface area contributed by atoms with Crippen LogP contribution >= 0.6 is 34.8 Å². The Balaban J connectivity index is 3.15. The predicted molar refractivity (Wildman–Crippen MR) is 57.3 cm³/mol. The fourth-order valence-corrected chi connectivity index (χ4v) is 2.10. The van der Waals surface area contributed by atoms with Gasteiger partial charge in [-0.2, -0.15) is 13.2 Å². The van der Waals surface area contributed by atoms with Gasteiger partial charge in [0.15, 0.2) is 4.84 Å². The summed E-state index contributed by atoms with van der Waals surface area (Å²) in [5.74, 6) is -1.39. The summed E-state index contributed by atoms with van der Waals surface area (Å²) in [6.45, 7) is 3.04. The molecule has 0 spiro atoms. The monoisotopic (exact) mass is 297 g/mol. The molecular weight excluding hydrogens is 289 g/mol. The second kappa shape index (κ2) is 4.10. The topological polar surface area (TPSA) is 21.6 Å². The largest absolute Gasteiger partial charge is 0.468 e. The molecule has 16 heavy (non-hydrogen) atoms. The summed E-state index contributed by atoms with van der Waals surface area (Å²) < 4.78 is 41.9. The van der Waals surface area contributed by atoms with E-state index in [1.54, 1.807) is 6.92 Å². The summed E-state index contributed by atoms with van der Waals surface area (Å²) in [5, 5.41) is -1.89. The lowest BCUT2D eigenvalue weighted by Crippen LogP contribution is -2.49. The molecule has 0 fully saturated rings. The second-order valence-electron chi connectivity index (χ2n) is 3.59. The first-order valence-electron chi connectivity index (χ1n) is 4.40. The van der Waals surface area contributed by atoms with Crippen molar-refractivity contribution in [3.63, 3.8) is 0 Å². The van der Waals surface area contributed by atoms with Crippen LogP contribution in [0.25, 0.3) is 0 Å². The van der Waals surface area contributed by atoms with Gasteiger partial charge in [-0.15, -0.1) is 0 Å². The lowest BCUT2D eigenvalue weighted by atomic mass is 9.93. The van der Waals surface area contributed by atoms with Crippen molar-refractivity contribution in [2.75, 3.05) is 0 Å². The Morgan fingerprint density at radius 3 is 2.19 bits per heavy atom. The van der Waals surface area contributed by atoms with Crippen LogP contribution in [-0.2, 0) is 4.74 Å². The molecule has 0 aliphatic carbocycles. The van der Waals surface area contributed by atoms with Gasteiger partial charge in [0.05, 0.1) is 0 Å². The molecule has 0 saturated heterocycles. The van der Waals surface area contributed by atoms with Crippen molar-refractivity contribution in [3.8, 4) is 0 Å². The first-order chi connectivity index (χ1) is 7.07. The minimum absolute atomic E-state index is 0.214. The van der Waals surface area contributed by atoms with Gasteiger partial charge in [-0.05, 0) is 13.3 Å². The Kier molecular flexibility index (Phi) is 3.64. The van der Waals surface area contributed by atoms with Crippen LogP contribution in [0, 0.1) is 0 Å². The molecule has 1 aliphatic heterocycles. The van der Waals surface area contributed by atoms with E-state index >= 15 is 0 Å². The molecule has 1 aliphatic rings. The Labute approximate surface area is 106 Å². The minimum atomic E-state index is -4.70. The van der Waals surface area contributed by atoms with Crippen LogP contribution in [0.1, 0.15) is 20.3 Å². The molecule has 0 amide bonds. The summed E-state index contributed by atoms with van der Waals surface area (Å²) in [5.41, 5.74) is -1.31. The smallest absolute Gasteiger partial charge is 0.446 e. The SMILES string of the molecule is CCC1(C)N=C(C(F)(F)F)OC1(Cl)C(Cl)Cl. The number of aliphatic imine (C=N–C) groups is 1. The summed E-state index contributed by atoms with van der Waals surface area (Å²) in [7, 11) is 0. The molecule has 8 heteroatoms. The van der Waals surface area contributed by atoms with E-state index in [9.17, 15) is 13.2 Å². The fraction of sp³-hybridized carbons (Fsp3) is 0.875. The average Bonchev–Trinajstić information content (AvgIpc) is 2.41. The van der Waals surface area contributed by atoms with Crippen molar-refractivity contribution in [1.29, 1.82) is 0 Å². The lowest BCUT2D eigenvalue weighted by molar-refractivity contribution is -0.0820. The molecule has 0 aromatic rings. The van der Waals surface area contributed by atoms with Gasteiger partial charge in [-0.3, -0.25) is 0 Å². The maximum atomic E-state index is 12.4. The third-order valence-corrected chi connectivity index (χ3v) is 4.08. The number of nitrogens with zero attached hydrogens (tertiary/aromatic N) is 1. The Bertz CT molecular complexity index is 320. The van der Waals surface area contributed by atoms with Crippen molar-refractivity contribution >= 4 is 40.7 Å². The number of hydrogen-bond acceptors (Lipinski definition) is 2. The molecule has 0 radical (unpaired) electrons. The van der Waals surface area contributed by atoms with E-state index in [1.807, 2.05) is 0 Å². The number of hydrogen-bond donors (Lipinski definition) is 0. The number of halogens is 6. The minimum Gasteiger partial charge on any atom is -0.446 e. The highest BCUT2D eigenvalue weighted by molar-refractivity contribution is 6.49. The highest BCUT2D eigenvalue weighted by Crippen LogP contribution is 2.49. The van der Waals surface area contributed by atoms with Gasteiger partial charge in [0.1, 0.15) is 5.54 Å². The maximum absolute atomic E-state index is 12.4. The van der Waals surface area contributed by atoms with Crippen molar-refractivity contribution in [1.82, 2.24) is 0 Å². The quantitative estimate of drug-likeness (QED) is 0.709. The van der Waals surface area contributed by atoms with Gasteiger partial charge in [-0.1, -0.05) is 41.7 Å². The van der Waals surface area contributed by atoms with Gasteiger partial charge in [-0.25, -0.2) is 4.99 Å². The van der Waals surface area contributed by atoms with E-state index in [4.69, 9.17) is 34.8 Å². The molecule has 2 nitrogen and oxygen atoms in total. The number of rotatable bonds is 2. The van der Waals surface area contributed by atoms with Crippen LogP contribution < -0.4 is 0 Å². The van der Waals surface area contributed by atoms with Gasteiger partial charge in [0, 0.05) is 0 Å². The van der Waals surface area contributed by atoms with Gasteiger partial charge >= 0.3 is 6.18 Å². The van der Waals surface area contributed by atoms with E-state index in [1.165, 1.54) is 6.92 Å². The maximum Gasteiger partial charge on any atom is 0.468 e. The zero-order valence-electron chi connectivity index (χ0n) is 8.41. The number of alkyl halides is 6. The van der Waals surface area contributed by atoms with Gasteiger partial charge < -0.3 is 4.74 Å². The van der Waals surface area contributed by atoms with Crippen LogP contribution in [0.4, 0.5) is 13.2 Å². The molecule has 2 unspecified atom stereocenters. The lowest BCUT2D eigenvalue weighted by Gasteiger charge is -2.35. The molecule has 0 aromatic carbocycles. The third kappa shape index (κ3) is 2.09. The summed E-state index contributed by atoms with van der Waals surface area (Å²) in [6.07, 6.45) is -4.48. The first-order valence-corrected chi connectivity index (χ1v) is 5.65. The van der Waals surface area contributed by atoms with Crippen LogP contribution in [0.2, 0.25) is 0 Å². The van der Waals surface area contributed by atoms with Crippen LogP contribution in [0.5, 0.6) is 0 Å². The standard InChI is InChI=1S/C8H9Cl3F3NO/c1-3-6(2)7(11,4(9)10)16-5(15-6)8(12,13)14/h4H,3H2,1-2H3. The molecule has 2 atom stereocenters. The van der Waals surface area contributed by atoms with Crippen molar-refractivity contribution in [2.45, 2.75) is 41.9 Å². The normalized spacial score (nSPS) is 35.2. The molecule has 94 valence electrons. The highest BCUT2D eigenvalue weighted by atomic mass is 35.5.